The van der Waals surface area contributed by atoms with Gasteiger partial charge < -0.3 is 10.2 Å². The number of fused-ring (bicyclic) bond motifs is 1. The summed E-state index contributed by atoms with van der Waals surface area (Å²) in [5.74, 6) is 0.170. The fourth-order valence-corrected chi connectivity index (χ4v) is 2.88. The Hall–Kier alpha value is -0.940. The average molecular weight is 241 g/mol. The Balaban J connectivity index is 0.00000162. The first kappa shape index (κ1) is 12.5. The lowest BCUT2D eigenvalue weighted by molar-refractivity contribution is -0.145. The van der Waals surface area contributed by atoms with Crippen LogP contribution in [0.5, 0.6) is 0 Å². The van der Waals surface area contributed by atoms with E-state index in [1.54, 1.807) is 11.8 Å². The molecule has 17 heavy (non-hydrogen) atoms. The minimum absolute atomic E-state index is 0. The Bertz CT molecular complexity index is 324. The van der Waals surface area contributed by atoms with Crippen molar-refractivity contribution in [3.8, 4) is 0 Å². The Morgan fingerprint density at radius 1 is 1.47 bits per heavy atom. The van der Waals surface area contributed by atoms with Crippen LogP contribution in [-0.4, -0.2) is 48.4 Å². The van der Waals surface area contributed by atoms with Crippen LogP contribution in [0, 0.1) is 0 Å². The first-order chi connectivity index (χ1) is 8.15. The summed E-state index contributed by atoms with van der Waals surface area (Å²) in [6.45, 7) is 2.41. The third-order valence-electron chi connectivity index (χ3n) is 3.81. The maximum atomic E-state index is 12.4. The van der Waals surface area contributed by atoms with Gasteiger partial charge in [-0.2, -0.15) is 0 Å². The number of likely N-dealkylation sites (N-methyl/N-ethyl adjacent to an activating group) is 1. The number of hydrogen-bond acceptors (Lipinski definition) is 4. The van der Waals surface area contributed by atoms with E-state index in [1.807, 2.05) is 7.05 Å². The molecular weight excluding hydrogens is 218 g/mol. The highest BCUT2D eigenvalue weighted by Crippen LogP contribution is 2.23. The normalized spacial score (nSPS) is 34.1. The number of Topliss-reactive ketones (excluding diaryl/α,β-unsaturated/α-hetero) is 1. The summed E-state index contributed by atoms with van der Waals surface area (Å²) in [5.41, 5.74) is 0. The molecule has 5 nitrogen and oxygen atoms in total. The second-order valence-corrected chi connectivity index (χ2v) is 4.90. The van der Waals surface area contributed by atoms with E-state index in [0.29, 0.717) is 0 Å². The predicted molar refractivity (Wildman–Crippen MR) is 66.5 cm³/mol. The van der Waals surface area contributed by atoms with Gasteiger partial charge in [0.1, 0.15) is 0 Å². The van der Waals surface area contributed by atoms with Gasteiger partial charge in [-0.05, 0) is 46.2 Å². The second-order valence-electron chi connectivity index (χ2n) is 4.90. The molecule has 2 rings (SSSR count). The molecule has 0 aliphatic carbocycles. The zero-order valence-corrected chi connectivity index (χ0v) is 10.5. The number of hydrogen-bond donors (Lipinski definition) is 2. The van der Waals surface area contributed by atoms with E-state index in [-0.39, 0.29) is 31.4 Å². The lowest BCUT2D eigenvalue weighted by Gasteiger charge is -2.41. The highest BCUT2D eigenvalue weighted by molar-refractivity contribution is 5.90. The molecule has 1 amide bonds. The minimum atomic E-state index is -0.234. The molecule has 0 aromatic carbocycles. The summed E-state index contributed by atoms with van der Waals surface area (Å²) in [4.78, 5) is 25.8. The quantitative estimate of drug-likeness (QED) is 0.720. The minimum Gasteiger partial charge on any atom is -0.316 e. The summed E-state index contributed by atoms with van der Waals surface area (Å²) < 4.78 is 0. The highest BCUT2D eigenvalue weighted by atomic mass is 16.2. The maximum Gasteiger partial charge on any atom is 0.241 e. The van der Waals surface area contributed by atoms with E-state index in [9.17, 15) is 9.59 Å². The van der Waals surface area contributed by atoms with Crippen LogP contribution in [0.25, 0.3) is 0 Å². The van der Waals surface area contributed by atoms with Gasteiger partial charge in [0.25, 0.3) is 0 Å². The molecule has 98 valence electrons. The number of nitrogens with zero attached hydrogens (tertiary/aromatic N) is 1. The summed E-state index contributed by atoms with van der Waals surface area (Å²) in [5, 5.41) is 6.40. The van der Waals surface area contributed by atoms with E-state index < -0.39 is 0 Å². The van der Waals surface area contributed by atoms with Crippen molar-refractivity contribution >= 4 is 11.7 Å². The van der Waals surface area contributed by atoms with E-state index in [4.69, 9.17) is 0 Å². The smallest absolute Gasteiger partial charge is 0.241 e. The van der Waals surface area contributed by atoms with Crippen LogP contribution >= 0.6 is 0 Å². The van der Waals surface area contributed by atoms with Gasteiger partial charge in [0.15, 0.2) is 5.78 Å². The van der Waals surface area contributed by atoms with Crippen molar-refractivity contribution in [3.63, 3.8) is 0 Å². The third kappa shape index (κ3) is 2.35. The SMILES string of the molecule is CNC1CCCC2NCCC(C(C)=O)N2C1=O.[HH]. The Labute approximate surface area is 103 Å². The second kappa shape index (κ2) is 5.14. The molecule has 3 atom stereocenters. The number of rotatable bonds is 2. The van der Waals surface area contributed by atoms with E-state index in [1.165, 1.54) is 0 Å². The van der Waals surface area contributed by atoms with Crippen molar-refractivity contribution < 1.29 is 11.0 Å². The van der Waals surface area contributed by atoms with Gasteiger partial charge in [-0.1, -0.05) is 0 Å². The molecule has 5 heteroatoms. The summed E-state index contributed by atoms with van der Waals surface area (Å²) in [6.07, 6.45) is 3.58. The van der Waals surface area contributed by atoms with Crippen LogP contribution in [0.3, 0.4) is 0 Å². The molecule has 0 aromatic heterocycles. The molecular formula is C12H23N3O2. The largest absolute Gasteiger partial charge is 0.316 e. The molecule has 0 bridgehead atoms. The molecule has 2 saturated heterocycles. The van der Waals surface area contributed by atoms with E-state index in [0.717, 1.165) is 32.2 Å². The van der Waals surface area contributed by atoms with Gasteiger partial charge in [0.05, 0.1) is 18.2 Å². The first-order valence-electron chi connectivity index (χ1n) is 6.38. The number of carbonyl (C=O) groups excluding carboxylic acids is 2. The van der Waals surface area contributed by atoms with Gasteiger partial charge in [0, 0.05) is 1.43 Å². The standard InChI is InChI=1S/C12H21N3O2.H2/c1-8(16)10-6-7-14-11-5-3-4-9(13-2)12(17)15(10)11;/h9-11,13-14H,3-7H2,1-2H3;1H. The fourth-order valence-electron chi connectivity index (χ4n) is 2.88. The van der Waals surface area contributed by atoms with Crippen molar-refractivity contribution in [2.24, 2.45) is 0 Å². The number of carbonyl (C=O) groups is 2. The fraction of sp³-hybridized carbons (Fsp3) is 0.833. The van der Waals surface area contributed by atoms with Crippen molar-refractivity contribution in [1.29, 1.82) is 0 Å². The zero-order chi connectivity index (χ0) is 12.4. The molecule has 2 fully saturated rings. The summed E-state index contributed by atoms with van der Waals surface area (Å²) >= 11 is 0. The molecule has 2 aliphatic rings. The van der Waals surface area contributed by atoms with Crippen molar-refractivity contribution in [1.82, 2.24) is 15.5 Å². The topological polar surface area (TPSA) is 61.4 Å². The molecule has 3 unspecified atom stereocenters. The number of ketones is 1. The average Bonchev–Trinajstić information content (AvgIpc) is 2.48. The number of amides is 1. The van der Waals surface area contributed by atoms with Crippen molar-refractivity contribution in [2.45, 2.75) is 50.9 Å². The van der Waals surface area contributed by atoms with Crippen LogP contribution in [-0.2, 0) is 9.59 Å². The lowest BCUT2D eigenvalue weighted by Crippen LogP contribution is -2.62. The summed E-state index contributed by atoms with van der Waals surface area (Å²) in [7, 11) is 1.81. The van der Waals surface area contributed by atoms with Crippen LogP contribution in [0.4, 0.5) is 0 Å². The van der Waals surface area contributed by atoms with E-state index >= 15 is 0 Å². The third-order valence-corrected chi connectivity index (χ3v) is 3.81. The monoisotopic (exact) mass is 241 g/mol. The zero-order valence-electron chi connectivity index (χ0n) is 10.5. The Morgan fingerprint density at radius 2 is 2.24 bits per heavy atom. The van der Waals surface area contributed by atoms with Gasteiger partial charge in [0.2, 0.25) is 5.91 Å². The molecule has 0 aromatic rings. The van der Waals surface area contributed by atoms with E-state index in [2.05, 4.69) is 10.6 Å². The Kier molecular flexibility index (Phi) is 3.79. The van der Waals surface area contributed by atoms with Crippen LogP contribution in [0.15, 0.2) is 0 Å². The maximum absolute atomic E-state index is 12.4. The van der Waals surface area contributed by atoms with Crippen LogP contribution < -0.4 is 10.6 Å². The van der Waals surface area contributed by atoms with Crippen molar-refractivity contribution in [2.75, 3.05) is 13.6 Å². The molecule has 2 N–H and O–H groups in total. The van der Waals surface area contributed by atoms with Gasteiger partial charge in [-0.15, -0.1) is 0 Å². The van der Waals surface area contributed by atoms with Crippen molar-refractivity contribution in [3.05, 3.63) is 0 Å². The van der Waals surface area contributed by atoms with Gasteiger partial charge in [-0.25, -0.2) is 0 Å². The molecule has 2 aliphatic heterocycles. The summed E-state index contributed by atoms with van der Waals surface area (Å²) in [6, 6.07) is -0.371. The molecule has 0 saturated carbocycles. The van der Waals surface area contributed by atoms with Gasteiger partial charge >= 0.3 is 0 Å². The molecule has 0 spiro atoms. The highest BCUT2D eigenvalue weighted by Gasteiger charge is 2.40. The predicted octanol–water partition coefficient (Wildman–Crippen LogP) is 0.110. The first-order valence-corrected chi connectivity index (χ1v) is 6.38. The lowest BCUT2D eigenvalue weighted by atomic mass is 10.0. The Morgan fingerprint density at radius 3 is 2.88 bits per heavy atom. The molecule has 0 radical (unpaired) electrons. The van der Waals surface area contributed by atoms with Gasteiger partial charge in [-0.3, -0.25) is 14.9 Å². The van der Waals surface area contributed by atoms with Crippen LogP contribution in [0.2, 0.25) is 0 Å². The van der Waals surface area contributed by atoms with Crippen LogP contribution in [0.1, 0.15) is 34.0 Å². The molecule has 2 heterocycles. The number of nitrogens with one attached hydrogen (secondary N) is 2.